The molecule has 0 aliphatic carbocycles. The van der Waals surface area contributed by atoms with Crippen LogP contribution in [0.15, 0.2) is 0 Å². The average Bonchev–Trinajstić information content (AvgIpc) is 1.96. The standard InChI is InChI=1S/C10H23P.ClH/c1-4-5-6-7-8-11-9-10(2)3;/h10-11H,4-9H2,1-3H3;1H. The van der Waals surface area contributed by atoms with E-state index in [9.17, 15) is 0 Å². The summed E-state index contributed by atoms with van der Waals surface area (Å²) in [5.41, 5.74) is 0. The molecule has 0 aromatic heterocycles. The number of rotatable bonds is 7. The molecule has 0 radical (unpaired) electrons. The molecule has 0 amide bonds. The van der Waals surface area contributed by atoms with Crippen LogP contribution in [-0.2, 0) is 0 Å². The Morgan fingerprint density at radius 2 is 1.75 bits per heavy atom. The van der Waals surface area contributed by atoms with Crippen molar-refractivity contribution in [3.05, 3.63) is 0 Å². The Labute approximate surface area is 86.1 Å². The highest BCUT2D eigenvalue weighted by Crippen LogP contribution is 2.17. The van der Waals surface area contributed by atoms with Gasteiger partial charge in [0.2, 0.25) is 0 Å². The Morgan fingerprint density at radius 1 is 1.08 bits per heavy atom. The van der Waals surface area contributed by atoms with E-state index in [2.05, 4.69) is 20.8 Å². The minimum Gasteiger partial charge on any atom is -0.147 e. The summed E-state index contributed by atoms with van der Waals surface area (Å²) in [7, 11) is 1.22. The molecule has 0 fully saturated rings. The molecular formula is C10H24ClP. The molecule has 0 saturated heterocycles. The van der Waals surface area contributed by atoms with Crippen LogP contribution in [0, 0.1) is 5.92 Å². The Balaban J connectivity index is 0. The van der Waals surface area contributed by atoms with Gasteiger partial charge in [-0.15, -0.1) is 21.0 Å². The van der Waals surface area contributed by atoms with Crippen molar-refractivity contribution in [2.75, 3.05) is 12.3 Å². The Kier molecular flexibility index (Phi) is 14.8. The second kappa shape index (κ2) is 11.7. The van der Waals surface area contributed by atoms with E-state index in [1.807, 2.05) is 0 Å². The Hall–Kier alpha value is 0.720. The van der Waals surface area contributed by atoms with Gasteiger partial charge in [-0.05, 0) is 24.7 Å². The van der Waals surface area contributed by atoms with E-state index in [1.54, 1.807) is 0 Å². The summed E-state index contributed by atoms with van der Waals surface area (Å²) in [5.74, 6) is 0.916. The first kappa shape index (κ1) is 15.2. The van der Waals surface area contributed by atoms with Gasteiger partial charge in [-0.3, -0.25) is 0 Å². The van der Waals surface area contributed by atoms with E-state index in [4.69, 9.17) is 0 Å². The van der Waals surface area contributed by atoms with Crippen LogP contribution in [0.5, 0.6) is 0 Å². The molecule has 0 heterocycles. The van der Waals surface area contributed by atoms with Gasteiger partial charge in [-0.2, -0.15) is 0 Å². The molecule has 0 rings (SSSR count). The Morgan fingerprint density at radius 3 is 2.25 bits per heavy atom. The fraction of sp³-hybridized carbons (Fsp3) is 1.00. The van der Waals surface area contributed by atoms with Crippen LogP contribution < -0.4 is 0 Å². The van der Waals surface area contributed by atoms with Crippen LogP contribution in [0.1, 0.15) is 46.5 Å². The molecule has 0 spiro atoms. The third-order valence-electron chi connectivity index (χ3n) is 1.76. The highest BCUT2D eigenvalue weighted by atomic mass is 35.5. The van der Waals surface area contributed by atoms with Gasteiger partial charge < -0.3 is 0 Å². The zero-order chi connectivity index (χ0) is 8.53. The number of hydrogen-bond donors (Lipinski definition) is 0. The van der Waals surface area contributed by atoms with Crippen LogP contribution >= 0.6 is 21.0 Å². The molecule has 0 bridgehead atoms. The molecule has 0 aliphatic heterocycles. The monoisotopic (exact) mass is 210 g/mol. The van der Waals surface area contributed by atoms with Crippen LogP contribution in [-0.4, -0.2) is 12.3 Å². The zero-order valence-electron chi connectivity index (χ0n) is 8.73. The van der Waals surface area contributed by atoms with Crippen LogP contribution in [0.3, 0.4) is 0 Å². The van der Waals surface area contributed by atoms with E-state index in [0.29, 0.717) is 0 Å². The largest absolute Gasteiger partial charge is 0.147 e. The molecule has 12 heavy (non-hydrogen) atoms. The van der Waals surface area contributed by atoms with E-state index in [1.165, 1.54) is 46.6 Å². The molecule has 76 valence electrons. The van der Waals surface area contributed by atoms with Crippen molar-refractivity contribution in [2.24, 2.45) is 5.92 Å². The first-order valence-electron chi connectivity index (χ1n) is 4.98. The average molecular weight is 211 g/mol. The van der Waals surface area contributed by atoms with E-state index in [-0.39, 0.29) is 12.4 Å². The molecule has 2 heteroatoms. The van der Waals surface area contributed by atoms with Crippen molar-refractivity contribution < 1.29 is 0 Å². The number of hydrogen-bond acceptors (Lipinski definition) is 0. The molecule has 0 saturated carbocycles. The summed E-state index contributed by atoms with van der Waals surface area (Å²) in [6.45, 7) is 6.91. The highest BCUT2D eigenvalue weighted by Gasteiger charge is 1.93. The van der Waals surface area contributed by atoms with E-state index in [0.717, 1.165) is 5.92 Å². The molecule has 0 nitrogen and oxygen atoms in total. The lowest BCUT2D eigenvalue weighted by molar-refractivity contribution is 0.702. The topological polar surface area (TPSA) is 0 Å². The van der Waals surface area contributed by atoms with Crippen molar-refractivity contribution in [1.82, 2.24) is 0 Å². The van der Waals surface area contributed by atoms with Gasteiger partial charge in [0.1, 0.15) is 0 Å². The summed E-state index contributed by atoms with van der Waals surface area (Å²) < 4.78 is 0. The first-order valence-corrected chi connectivity index (χ1v) is 6.39. The predicted molar refractivity (Wildman–Crippen MR) is 64.3 cm³/mol. The van der Waals surface area contributed by atoms with Gasteiger partial charge in [-0.25, -0.2) is 0 Å². The van der Waals surface area contributed by atoms with Crippen LogP contribution in [0.25, 0.3) is 0 Å². The molecule has 1 atom stereocenters. The maximum absolute atomic E-state index is 2.32. The zero-order valence-corrected chi connectivity index (χ0v) is 10.5. The Bertz CT molecular complexity index is 74.2. The van der Waals surface area contributed by atoms with Gasteiger partial charge in [0, 0.05) is 0 Å². The SMILES string of the molecule is CCCCCCPCC(C)C.Cl. The van der Waals surface area contributed by atoms with Gasteiger partial charge >= 0.3 is 0 Å². The number of unbranched alkanes of at least 4 members (excludes halogenated alkanes) is 3. The fourth-order valence-corrected chi connectivity index (χ4v) is 2.35. The van der Waals surface area contributed by atoms with Gasteiger partial charge in [0.05, 0.1) is 0 Å². The van der Waals surface area contributed by atoms with E-state index < -0.39 is 0 Å². The summed E-state index contributed by atoms with van der Waals surface area (Å²) in [6, 6.07) is 0. The molecule has 0 N–H and O–H groups in total. The molecule has 1 unspecified atom stereocenters. The molecule has 0 aromatic rings. The summed E-state index contributed by atoms with van der Waals surface area (Å²) >= 11 is 0. The van der Waals surface area contributed by atoms with Gasteiger partial charge in [0.15, 0.2) is 0 Å². The quantitative estimate of drug-likeness (QED) is 0.434. The van der Waals surface area contributed by atoms with Gasteiger partial charge in [-0.1, -0.05) is 40.0 Å². The summed E-state index contributed by atoms with van der Waals surface area (Å²) in [4.78, 5) is 0. The first-order chi connectivity index (χ1) is 5.27. The third kappa shape index (κ3) is 13.3. The fourth-order valence-electron chi connectivity index (χ4n) is 1.07. The predicted octanol–water partition coefficient (Wildman–Crippen LogP) is 4.32. The van der Waals surface area contributed by atoms with Crippen LogP contribution in [0.2, 0.25) is 0 Å². The molecular weight excluding hydrogens is 187 g/mol. The summed E-state index contributed by atoms with van der Waals surface area (Å²) in [5, 5.41) is 0. The minimum absolute atomic E-state index is 0. The second-order valence-electron chi connectivity index (χ2n) is 3.66. The lowest BCUT2D eigenvalue weighted by atomic mass is 10.2. The normalized spacial score (nSPS) is 11.0. The molecule has 0 aromatic carbocycles. The van der Waals surface area contributed by atoms with Crippen molar-refractivity contribution in [3.63, 3.8) is 0 Å². The lowest BCUT2D eigenvalue weighted by Gasteiger charge is -2.03. The van der Waals surface area contributed by atoms with Crippen molar-refractivity contribution >= 4 is 21.0 Å². The number of halogens is 1. The maximum Gasteiger partial charge on any atom is -0.0330 e. The summed E-state index contributed by atoms with van der Waals surface area (Å²) in [6.07, 6.45) is 8.67. The smallest absolute Gasteiger partial charge is 0.0330 e. The van der Waals surface area contributed by atoms with Crippen molar-refractivity contribution in [3.8, 4) is 0 Å². The maximum atomic E-state index is 2.32. The van der Waals surface area contributed by atoms with Crippen LogP contribution in [0.4, 0.5) is 0 Å². The van der Waals surface area contributed by atoms with Crippen molar-refractivity contribution in [1.29, 1.82) is 0 Å². The third-order valence-corrected chi connectivity index (χ3v) is 3.57. The lowest BCUT2D eigenvalue weighted by Crippen LogP contribution is -1.90. The van der Waals surface area contributed by atoms with Gasteiger partial charge in [0.25, 0.3) is 0 Å². The second-order valence-corrected chi connectivity index (χ2v) is 5.07. The minimum atomic E-state index is 0. The van der Waals surface area contributed by atoms with E-state index >= 15 is 0 Å². The highest BCUT2D eigenvalue weighted by molar-refractivity contribution is 7.37. The molecule has 0 aliphatic rings. The van der Waals surface area contributed by atoms with Crippen molar-refractivity contribution in [2.45, 2.75) is 46.5 Å².